The second-order valence-electron chi connectivity index (χ2n) is 7.56. The third kappa shape index (κ3) is 3.73. The molecule has 2 amide bonds. The van der Waals surface area contributed by atoms with E-state index in [1.54, 1.807) is 28.0 Å². The summed E-state index contributed by atoms with van der Waals surface area (Å²) >= 11 is 1.41. The SMILES string of the molecule is C=CCN(C(=O)C1CC(=O)N(c2ccc3c(c2)OCO3)C1)c1nc(-c2ccccc2)cs1. The third-order valence-corrected chi connectivity index (χ3v) is 6.38. The molecule has 2 aliphatic rings. The summed E-state index contributed by atoms with van der Waals surface area (Å²) in [4.78, 5) is 34.1. The summed E-state index contributed by atoms with van der Waals surface area (Å²) < 4.78 is 10.8. The monoisotopic (exact) mass is 447 g/mol. The van der Waals surface area contributed by atoms with Gasteiger partial charge in [-0.15, -0.1) is 17.9 Å². The number of rotatable bonds is 6. The molecule has 1 aromatic heterocycles. The van der Waals surface area contributed by atoms with Crippen molar-refractivity contribution in [1.29, 1.82) is 0 Å². The Hall–Kier alpha value is -3.65. The van der Waals surface area contributed by atoms with Crippen molar-refractivity contribution in [2.45, 2.75) is 6.42 Å². The van der Waals surface area contributed by atoms with Gasteiger partial charge in [0, 0.05) is 42.2 Å². The zero-order chi connectivity index (χ0) is 22.1. The number of thiazole rings is 1. The van der Waals surface area contributed by atoms with Crippen molar-refractivity contribution in [2.75, 3.05) is 29.7 Å². The largest absolute Gasteiger partial charge is 0.454 e. The van der Waals surface area contributed by atoms with Crippen molar-refractivity contribution in [3.63, 3.8) is 0 Å². The molecule has 2 aromatic carbocycles. The van der Waals surface area contributed by atoms with Crippen molar-refractivity contribution in [3.05, 3.63) is 66.6 Å². The van der Waals surface area contributed by atoms with E-state index in [1.807, 2.05) is 41.8 Å². The van der Waals surface area contributed by atoms with Crippen LogP contribution >= 0.6 is 11.3 Å². The maximum Gasteiger partial charge on any atom is 0.234 e. The molecular formula is C24H21N3O4S. The molecule has 7 nitrogen and oxygen atoms in total. The Bertz CT molecular complexity index is 1180. The van der Waals surface area contributed by atoms with Gasteiger partial charge in [0.1, 0.15) is 0 Å². The van der Waals surface area contributed by atoms with E-state index in [1.165, 1.54) is 11.3 Å². The van der Waals surface area contributed by atoms with Gasteiger partial charge in [-0.3, -0.25) is 14.5 Å². The Kier molecular flexibility index (Phi) is 5.36. The van der Waals surface area contributed by atoms with Gasteiger partial charge in [0.25, 0.3) is 0 Å². The van der Waals surface area contributed by atoms with Crippen LogP contribution in [0.3, 0.4) is 0 Å². The van der Waals surface area contributed by atoms with Gasteiger partial charge in [-0.1, -0.05) is 36.4 Å². The molecule has 1 saturated heterocycles. The molecule has 0 saturated carbocycles. The van der Waals surface area contributed by atoms with Crippen LogP contribution in [0.4, 0.5) is 10.8 Å². The van der Waals surface area contributed by atoms with Gasteiger partial charge in [0.05, 0.1) is 11.6 Å². The van der Waals surface area contributed by atoms with E-state index in [2.05, 4.69) is 11.6 Å². The van der Waals surface area contributed by atoms with Gasteiger partial charge in [-0.05, 0) is 12.1 Å². The second kappa shape index (κ2) is 8.47. The lowest BCUT2D eigenvalue weighted by molar-refractivity contribution is -0.124. The van der Waals surface area contributed by atoms with Crippen molar-refractivity contribution < 1.29 is 19.1 Å². The van der Waals surface area contributed by atoms with Crippen molar-refractivity contribution in [3.8, 4) is 22.8 Å². The van der Waals surface area contributed by atoms with E-state index in [0.29, 0.717) is 35.4 Å². The van der Waals surface area contributed by atoms with Crippen LogP contribution in [-0.2, 0) is 9.59 Å². The molecule has 0 aliphatic carbocycles. The maximum absolute atomic E-state index is 13.4. The van der Waals surface area contributed by atoms with E-state index >= 15 is 0 Å². The zero-order valence-electron chi connectivity index (χ0n) is 17.3. The average molecular weight is 448 g/mol. The van der Waals surface area contributed by atoms with Crippen LogP contribution in [0, 0.1) is 5.92 Å². The topological polar surface area (TPSA) is 72.0 Å². The minimum atomic E-state index is -0.461. The number of carbonyl (C=O) groups excluding carboxylic acids is 2. The number of aromatic nitrogens is 1. The maximum atomic E-state index is 13.4. The van der Waals surface area contributed by atoms with Gasteiger partial charge in [-0.25, -0.2) is 4.98 Å². The summed E-state index contributed by atoms with van der Waals surface area (Å²) in [5.41, 5.74) is 2.51. The first-order valence-electron chi connectivity index (χ1n) is 10.3. The Labute approximate surface area is 189 Å². The first kappa shape index (κ1) is 20.3. The van der Waals surface area contributed by atoms with E-state index in [9.17, 15) is 9.59 Å². The van der Waals surface area contributed by atoms with Gasteiger partial charge >= 0.3 is 0 Å². The summed E-state index contributed by atoms with van der Waals surface area (Å²) in [6, 6.07) is 15.2. The first-order valence-corrected chi connectivity index (χ1v) is 11.2. The van der Waals surface area contributed by atoms with Crippen molar-refractivity contribution in [2.24, 2.45) is 5.92 Å². The first-order chi connectivity index (χ1) is 15.6. The number of carbonyl (C=O) groups is 2. The van der Waals surface area contributed by atoms with Crippen LogP contribution in [0.15, 0.2) is 66.6 Å². The smallest absolute Gasteiger partial charge is 0.234 e. The molecule has 1 atom stereocenters. The van der Waals surface area contributed by atoms with Gasteiger partial charge in [0.15, 0.2) is 16.6 Å². The lowest BCUT2D eigenvalue weighted by Crippen LogP contribution is -2.37. The molecule has 8 heteroatoms. The number of fused-ring (bicyclic) bond motifs is 1. The zero-order valence-corrected chi connectivity index (χ0v) is 18.1. The molecule has 0 bridgehead atoms. The fourth-order valence-electron chi connectivity index (χ4n) is 3.92. The number of nitrogens with zero attached hydrogens (tertiary/aromatic N) is 3. The molecule has 1 fully saturated rings. The third-order valence-electron chi connectivity index (χ3n) is 5.51. The van der Waals surface area contributed by atoms with Crippen LogP contribution in [0.25, 0.3) is 11.3 Å². The minimum absolute atomic E-state index is 0.0927. The highest BCUT2D eigenvalue weighted by Crippen LogP contribution is 2.38. The second-order valence-corrected chi connectivity index (χ2v) is 8.40. The Balaban J connectivity index is 1.35. The van der Waals surface area contributed by atoms with Crippen molar-refractivity contribution in [1.82, 2.24) is 4.98 Å². The van der Waals surface area contributed by atoms with E-state index in [4.69, 9.17) is 9.47 Å². The van der Waals surface area contributed by atoms with E-state index in [-0.39, 0.29) is 25.0 Å². The van der Waals surface area contributed by atoms with Crippen LogP contribution in [0.5, 0.6) is 11.5 Å². The van der Waals surface area contributed by atoms with Gasteiger partial charge in [0.2, 0.25) is 18.6 Å². The number of hydrogen-bond donors (Lipinski definition) is 0. The molecule has 1 unspecified atom stereocenters. The quantitative estimate of drug-likeness (QED) is 0.532. The minimum Gasteiger partial charge on any atom is -0.454 e. The number of anilines is 2. The summed E-state index contributed by atoms with van der Waals surface area (Å²) in [5, 5.41) is 2.54. The molecule has 0 N–H and O–H groups in total. The summed E-state index contributed by atoms with van der Waals surface area (Å²) in [6.45, 7) is 4.60. The van der Waals surface area contributed by atoms with Crippen LogP contribution in [0.1, 0.15) is 6.42 Å². The predicted molar refractivity (Wildman–Crippen MR) is 123 cm³/mol. The molecule has 3 aromatic rings. The molecular weight excluding hydrogens is 426 g/mol. The van der Waals surface area contributed by atoms with Crippen LogP contribution < -0.4 is 19.3 Å². The molecule has 5 rings (SSSR count). The molecule has 3 heterocycles. The van der Waals surface area contributed by atoms with Gasteiger partial charge < -0.3 is 14.4 Å². The predicted octanol–water partition coefficient (Wildman–Crippen LogP) is 4.11. The van der Waals surface area contributed by atoms with E-state index in [0.717, 1.165) is 11.3 Å². The fourth-order valence-corrected chi connectivity index (χ4v) is 4.77. The Morgan fingerprint density at radius 1 is 1.22 bits per heavy atom. The molecule has 0 radical (unpaired) electrons. The lowest BCUT2D eigenvalue weighted by atomic mass is 10.1. The molecule has 0 spiro atoms. The van der Waals surface area contributed by atoms with E-state index < -0.39 is 5.92 Å². The summed E-state index contributed by atoms with van der Waals surface area (Å²) in [6.07, 6.45) is 1.83. The van der Waals surface area contributed by atoms with Gasteiger partial charge in [-0.2, -0.15) is 0 Å². The van der Waals surface area contributed by atoms with Crippen molar-refractivity contribution >= 4 is 34.0 Å². The highest BCUT2D eigenvalue weighted by Gasteiger charge is 2.38. The lowest BCUT2D eigenvalue weighted by Gasteiger charge is -2.22. The standard InChI is InChI=1S/C24H21N3O4S/c1-2-10-26(24-25-19(14-32-24)16-6-4-3-5-7-16)23(29)17-11-22(28)27(13-17)18-8-9-20-21(12-18)31-15-30-20/h2-9,12,14,17H,1,10-11,13,15H2. The normalized spacial score (nSPS) is 16.9. The average Bonchev–Trinajstić information content (AvgIpc) is 3.56. The highest BCUT2D eigenvalue weighted by molar-refractivity contribution is 7.14. The number of amides is 2. The Morgan fingerprint density at radius 3 is 2.84 bits per heavy atom. The fraction of sp³-hybridized carbons (Fsp3) is 0.208. The summed E-state index contributed by atoms with van der Waals surface area (Å²) in [5.74, 6) is 0.579. The molecule has 162 valence electrons. The van der Waals surface area contributed by atoms with Crippen LogP contribution in [-0.4, -0.2) is 36.7 Å². The highest BCUT2D eigenvalue weighted by atomic mass is 32.1. The van der Waals surface area contributed by atoms with Crippen LogP contribution in [0.2, 0.25) is 0 Å². The molecule has 2 aliphatic heterocycles. The molecule has 32 heavy (non-hydrogen) atoms. The summed E-state index contributed by atoms with van der Waals surface area (Å²) in [7, 11) is 0. The number of benzene rings is 2. The number of hydrogen-bond acceptors (Lipinski definition) is 6. The Morgan fingerprint density at radius 2 is 2.03 bits per heavy atom. The number of ether oxygens (including phenoxy) is 2.